The highest BCUT2D eigenvalue weighted by atomic mass is 31.1. The molecule has 0 aliphatic rings. The number of hydrogen-bond donors (Lipinski definition) is 1. The van der Waals surface area contributed by atoms with Crippen molar-refractivity contribution >= 4 is 9.03 Å². The Bertz CT molecular complexity index is 1460. The quantitative estimate of drug-likeness (QED) is 0.291. The molecule has 0 aromatic heterocycles. The van der Waals surface area contributed by atoms with Crippen molar-refractivity contribution in [2.45, 2.75) is 157 Å². The summed E-state index contributed by atoms with van der Waals surface area (Å²) in [7, 11) is -0.651. The van der Waals surface area contributed by atoms with Gasteiger partial charge in [0.15, 0.2) is 0 Å². The van der Waals surface area contributed by atoms with Crippen LogP contribution in [-0.2, 0) is 32.5 Å². The van der Waals surface area contributed by atoms with Gasteiger partial charge in [0.1, 0.15) is 5.75 Å². The molecule has 3 aromatic carbocycles. The lowest BCUT2D eigenvalue weighted by Gasteiger charge is -2.37. The highest BCUT2D eigenvalue weighted by molar-refractivity contribution is 7.25. The predicted molar refractivity (Wildman–Crippen MR) is 201 cm³/mol. The maximum absolute atomic E-state index is 10.3. The minimum absolute atomic E-state index is 0.00588. The molecule has 3 aromatic rings. The average molecular weight is 631 g/mol. The summed E-state index contributed by atoms with van der Waals surface area (Å²) in [5.41, 5.74) is 12.2. The molecule has 0 spiro atoms. The summed E-state index contributed by atoms with van der Waals surface area (Å²) in [6.45, 7) is 41.8. The van der Waals surface area contributed by atoms with Crippen LogP contribution in [-0.4, -0.2) is 4.89 Å². The fraction of sp³-hybridized carbons (Fsp3) is 0.571. The zero-order chi connectivity index (χ0) is 34.7. The van der Waals surface area contributed by atoms with Crippen molar-refractivity contribution in [3.8, 4) is 28.0 Å². The second-order valence-corrected chi connectivity index (χ2v) is 19.7. The second kappa shape index (κ2) is 12.1. The summed E-state index contributed by atoms with van der Waals surface area (Å²) in [4.78, 5) is 10.3. The standard InChI is InChI=1S/C42H63O2P/c1-37(2,3)26-22-29(39(7,8)9)34(30(23-26)40(10,11)12)28-20-19-21-33(44-45-43)35(28)36-31(41(13,14)15)24-27(38(4,5)6)25-32(36)42(16,17)18/h19-25,43,45H,1-18H3. The van der Waals surface area contributed by atoms with E-state index in [4.69, 9.17) is 4.52 Å². The van der Waals surface area contributed by atoms with Gasteiger partial charge < -0.3 is 9.42 Å². The molecule has 0 heterocycles. The van der Waals surface area contributed by atoms with Gasteiger partial charge in [0.2, 0.25) is 9.03 Å². The van der Waals surface area contributed by atoms with Gasteiger partial charge in [-0.3, -0.25) is 0 Å². The normalized spacial score (nSPS) is 14.0. The molecule has 1 atom stereocenters. The van der Waals surface area contributed by atoms with E-state index in [-0.39, 0.29) is 32.5 Å². The Morgan fingerprint density at radius 2 is 0.778 bits per heavy atom. The first-order chi connectivity index (χ1) is 20.1. The summed E-state index contributed by atoms with van der Waals surface area (Å²) in [6.07, 6.45) is 0. The van der Waals surface area contributed by atoms with Crippen LogP contribution in [0.25, 0.3) is 22.3 Å². The molecule has 0 saturated heterocycles. The highest BCUT2D eigenvalue weighted by Crippen LogP contribution is 2.53. The van der Waals surface area contributed by atoms with Crippen molar-refractivity contribution in [1.29, 1.82) is 0 Å². The zero-order valence-electron chi connectivity index (χ0n) is 31.9. The van der Waals surface area contributed by atoms with Crippen molar-refractivity contribution in [2.75, 3.05) is 0 Å². The Kier molecular flexibility index (Phi) is 10.1. The van der Waals surface area contributed by atoms with Crippen molar-refractivity contribution < 1.29 is 9.42 Å². The number of hydrogen-bond acceptors (Lipinski definition) is 2. The van der Waals surface area contributed by atoms with Crippen LogP contribution >= 0.6 is 9.03 Å². The van der Waals surface area contributed by atoms with E-state index < -0.39 is 9.03 Å². The van der Waals surface area contributed by atoms with E-state index >= 15 is 0 Å². The van der Waals surface area contributed by atoms with Crippen LogP contribution in [0.1, 0.15) is 158 Å². The van der Waals surface area contributed by atoms with Crippen molar-refractivity contribution in [1.82, 2.24) is 0 Å². The molecule has 0 aliphatic heterocycles. The lowest BCUT2D eigenvalue weighted by Crippen LogP contribution is -2.24. The Balaban J connectivity index is 2.80. The van der Waals surface area contributed by atoms with E-state index in [2.05, 4.69) is 161 Å². The molecular formula is C42H63O2P. The van der Waals surface area contributed by atoms with Crippen molar-refractivity contribution in [3.05, 3.63) is 75.8 Å². The SMILES string of the molecule is CC(C)(C)c1cc(C(C)(C)C)c(-c2cccc(OPO)c2-c2c(C(C)(C)C)cc(C(C)(C)C)cc2C(C)(C)C)c(C(C)(C)C)c1. The van der Waals surface area contributed by atoms with Gasteiger partial charge in [-0.1, -0.05) is 161 Å². The van der Waals surface area contributed by atoms with E-state index in [0.717, 1.165) is 11.3 Å². The molecule has 3 rings (SSSR count). The van der Waals surface area contributed by atoms with Crippen LogP contribution in [0.2, 0.25) is 0 Å². The van der Waals surface area contributed by atoms with Crippen LogP contribution in [0.4, 0.5) is 0 Å². The van der Waals surface area contributed by atoms with Gasteiger partial charge in [-0.15, -0.1) is 0 Å². The van der Waals surface area contributed by atoms with Gasteiger partial charge in [0.25, 0.3) is 0 Å². The smallest absolute Gasteiger partial charge is 0.212 e. The minimum Gasteiger partial charge on any atom is -0.449 e. The molecule has 1 N–H and O–H groups in total. The molecule has 0 radical (unpaired) electrons. The molecule has 248 valence electrons. The fourth-order valence-corrected chi connectivity index (χ4v) is 6.48. The van der Waals surface area contributed by atoms with Crippen LogP contribution < -0.4 is 4.52 Å². The lowest BCUT2D eigenvalue weighted by molar-refractivity contribution is 0.514. The van der Waals surface area contributed by atoms with Crippen molar-refractivity contribution in [2.24, 2.45) is 0 Å². The zero-order valence-corrected chi connectivity index (χ0v) is 32.9. The maximum atomic E-state index is 10.3. The van der Waals surface area contributed by atoms with Crippen LogP contribution in [0, 0.1) is 0 Å². The fourth-order valence-electron chi connectivity index (χ4n) is 6.21. The largest absolute Gasteiger partial charge is 0.449 e. The van der Waals surface area contributed by atoms with E-state index in [1.54, 1.807) is 0 Å². The monoisotopic (exact) mass is 630 g/mol. The second-order valence-electron chi connectivity index (χ2n) is 19.3. The molecule has 1 unspecified atom stereocenters. The molecule has 0 bridgehead atoms. The molecule has 45 heavy (non-hydrogen) atoms. The van der Waals surface area contributed by atoms with Gasteiger partial charge in [-0.05, 0) is 88.6 Å². The van der Waals surface area contributed by atoms with Crippen LogP contribution in [0.3, 0.4) is 0 Å². The first-order valence-corrected chi connectivity index (χ1v) is 17.5. The summed E-state index contributed by atoms with van der Waals surface area (Å²) >= 11 is 0. The molecule has 0 aliphatic carbocycles. The van der Waals surface area contributed by atoms with Gasteiger partial charge in [0.05, 0.1) is 0 Å². The van der Waals surface area contributed by atoms with Gasteiger partial charge >= 0.3 is 0 Å². The molecule has 0 saturated carbocycles. The first-order valence-electron chi connectivity index (χ1n) is 16.7. The van der Waals surface area contributed by atoms with Crippen LogP contribution in [0.15, 0.2) is 42.5 Å². The predicted octanol–water partition coefficient (Wildman–Crippen LogP) is 12.7. The lowest BCUT2D eigenvalue weighted by atomic mass is 9.67. The Labute approximate surface area is 278 Å². The van der Waals surface area contributed by atoms with E-state index in [0.29, 0.717) is 0 Å². The average Bonchev–Trinajstić information content (AvgIpc) is 2.84. The maximum Gasteiger partial charge on any atom is 0.212 e. The van der Waals surface area contributed by atoms with Gasteiger partial charge in [0, 0.05) is 5.56 Å². The topological polar surface area (TPSA) is 29.5 Å². The molecule has 0 amide bonds. The Morgan fingerprint density at radius 1 is 0.444 bits per heavy atom. The molecule has 3 heteroatoms. The molecular weight excluding hydrogens is 567 g/mol. The van der Waals surface area contributed by atoms with Crippen molar-refractivity contribution in [3.63, 3.8) is 0 Å². The van der Waals surface area contributed by atoms with E-state index in [1.807, 2.05) is 6.07 Å². The Hall–Kier alpha value is -2.15. The highest BCUT2D eigenvalue weighted by Gasteiger charge is 2.35. The molecule has 0 fully saturated rings. The third kappa shape index (κ3) is 8.05. The number of benzene rings is 3. The summed E-state index contributed by atoms with van der Waals surface area (Å²) < 4.78 is 6.20. The third-order valence-electron chi connectivity index (χ3n) is 8.94. The van der Waals surface area contributed by atoms with E-state index in [1.165, 1.54) is 50.1 Å². The van der Waals surface area contributed by atoms with Crippen LogP contribution in [0.5, 0.6) is 5.75 Å². The summed E-state index contributed by atoms with van der Waals surface area (Å²) in [5, 5.41) is 0. The summed E-state index contributed by atoms with van der Waals surface area (Å²) in [6, 6.07) is 16.2. The Morgan fingerprint density at radius 3 is 1.07 bits per heavy atom. The number of rotatable bonds is 4. The van der Waals surface area contributed by atoms with Gasteiger partial charge in [-0.25, -0.2) is 0 Å². The van der Waals surface area contributed by atoms with E-state index in [9.17, 15) is 4.89 Å². The minimum atomic E-state index is -0.651. The third-order valence-corrected chi connectivity index (χ3v) is 9.25. The first kappa shape index (κ1) is 37.3. The molecule has 2 nitrogen and oxygen atoms in total. The summed E-state index contributed by atoms with van der Waals surface area (Å²) in [5.74, 6) is 0.729. The van der Waals surface area contributed by atoms with Gasteiger partial charge in [-0.2, -0.15) is 0 Å².